The monoisotopic (exact) mass is 390 g/mol. The molecule has 0 aliphatic heterocycles. The Labute approximate surface area is 129 Å². The molecule has 0 heterocycles. The third kappa shape index (κ3) is 3.80. The van der Waals surface area contributed by atoms with E-state index in [2.05, 4.69) is 31.9 Å². The Kier molecular flexibility index (Phi) is 5.42. The van der Waals surface area contributed by atoms with Gasteiger partial charge in [0.1, 0.15) is 18.1 Å². The van der Waals surface area contributed by atoms with Crippen molar-refractivity contribution in [3.05, 3.63) is 26.6 Å². The van der Waals surface area contributed by atoms with Gasteiger partial charge in [0, 0.05) is 5.56 Å². The number of aliphatic hydroxyl groups excluding tert-OH is 1. The van der Waals surface area contributed by atoms with Crippen LogP contribution in [0.5, 0.6) is 5.75 Å². The molecule has 0 radical (unpaired) electrons. The minimum atomic E-state index is -0.424. The molecule has 1 N–H and O–H groups in total. The SMILES string of the molecule is O=Cc1cc(Br)c(OC2CCCCCC2O)c(Br)c1. The van der Waals surface area contributed by atoms with E-state index < -0.39 is 6.10 Å². The number of rotatable bonds is 3. The predicted molar refractivity (Wildman–Crippen MR) is 80.7 cm³/mol. The third-order valence-corrected chi connectivity index (χ3v) is 4.52. The fourth-order valence-corrected chi connectivity index (χ4v) is 3.71. The highest BCUT2D eigenvalue weighted by Crippen LogP contribution is 2.36. The quantitative estimate of drug-likeness (QED) is 0.623. The fraction of sp³-hybridized carbons (Fsp3) is 0.500. The van der Waals surface area contributed by atoms with Gasteiger partial charge in [-0.15, -0.1) is 0 Å². The number of benzene rings is 1. The molecule has 19 heavy (non-hydrogen) atoms. The summed E-state index contributed by atoms with van der Waals surface area (Å²) in [5, 5.41) is 10.1. The van der Waals surface area contributed by atoms with Gasteiger partial charge in [0.05, 0.1) is 15.0 Å². The second kappa shape index (κ2) is 6.86. The second-order valence-electron chi connectivity index (χ2n) is 4.79. The van der Waals surface area contributed by atoms with Crippen molar-refractivity contribution in [3.63, 3.8) is 0 Å². The maximum atomic E-state index is 10.8. The van der Waals surface area contributed by atoms with E-state index in [9.17, 15) is 9.90 Å². The van der Waals surface area contributed by atoms with Crippen molar-refractivity contribution in [2.24, 2.45) is 0 Å². The minimum absolute atomic E-state index is 0.183. The standard InChI is InChI=1S/C14H16Br2O3/c15-10-6-9(8-17)7-11(16)14(10)19-13-5-3-1-2-4-12(13)18/h6-8,12-13,18H,1-5H2. The topological polar surface area (TPSA) is 46.5 Å². The molecular weight excluding hydrogens is 376 g/mol. The molecule has 0 amide bonds. The summed E-state index contributed by atoms with van der Waals surface area (Å²) in [4.78, 5) is 10.8. The van der Waals surface area contributed by atoms with Gasteiger partial charge in [0.25, 0.3) is 0 Å². The lowest BCUT2D eigenvalue weighted by molar-refractivity contribution is 0.0311. The smallest absolute Gasteiger partial charge is 0.150 e. The predicted octanol–water partition coefficient (Wildman–Crippen LogP) is 4.10. The molecule has 104 valence electrons. The molecule has 0 saturated heterocycles. The number of ether oxygens (including phenoxy) is 1. The van der Waals surface area contributed by atoms with Crippen molar-refractivity contribution < 1.29 is 14.6 Å². The summed E-state index contributed by atoms with van der Waals surface area (Å²) >= 11 is 6.82. The highest BCUT2D eigenvalue weighted by molar-refractivity contribution is 9.11. The molecule has 0 bridgehead atoms. The molecule has 2 unspecified atom stereocenters. The highest BCUT2D eigenvalue weighted by atomic mass is 79.9. The molecule has 1 aromatic rings. The summed E-state index contributed by atoms with van der Waals surface area (Å²) in [5.41, 5.74) is 0.576. The molecular formula is C14H16Br2O3. The van der Waals surface area contributed by atoms with Crippen molar-refractivity contribution >= 4 is 38.1 Å². The Hall–Kier alpha value is -0.390. The van der Waals surface area contributed by atoms with E-state index in [1.807, 2.05) is 0 Å². The van der Waals surface area contributed by atoms with Crippen LogP contribution in [0.4, 0.5) is 0 Å². The van der Waals surface area contributed by atoms with E-state index >= 15 is 0 Å². The van der Waals surface area contributed by atoms with Crippen molar-refractivity contribution in [3.8, 4) is 5.75 Å². The molecule has 0 spiro atoms. The van der Waals surface area contributed by atoms with Crippen LogP contribution in [0.3, 0.4) is 0 Å². The molecule has 1 aromatic carbocycles. The number of halogens is 2. The van der Waals surface area contributed by atoms with Crippen LogP contribution >= 0.6 is 31.9 Å². The lowest BCUT2D eigenvalue weighted by Crippen LogP contribution is -2.30. The molecule has 1 aliphatic rings. The van der Waals surface area contributed by atoms with Crippen molar-refractivity contribution in [2.75, 3.05) is 0 Å². The van der Waals surface area contributed by atoms with Crippen LogP contribution in [0.2, 0.25) is 0 Å². The van der Waals surface area contributed by atoms with Crippen LogP contribution < -0.4 is 4.74 Å². The summed E-state index contributed by atoms with van der Waals surface area (Å²) in [6.07, 6.45) is 5.09. The van der Waals surface area contributed by atoms with Gasteiger partial charge in [0.15, 0.2) is 0 Å². The Morgan fingerprint density at radius 3 is 2.42 bits per heavy atom. The van der Waals surface area contributed by atoms with Gasteiger partial charge < -0.3 is 9.84 Å². The first-order chi connectivity index (χ1) is 9.11. The largest absolute Gasteiger partial charge is 0.485 e. The number of aldehydes is 1. The summed E-state index contributed by atoms with van der Waals surface area (Å²) in [7, 11) is 0. The van der Waals surface area contributed by atoms with E-state index in [0.717, 1.165) is 47.3 Å². The Balaban J connectivity index is 2.20. The van der Waals surface area contributed by atoms with E-state index in [1.165, 1.54) is 0 Å². The average Bonchev–Trinajstić information content (AvgIpc) is 2.58. The van der Waals surface area contributed by atoms with Crippen LogP contribution in [-0.4, -0.2) is 23.6 Å². The van der Waals surface area contributed by atoms with Gasteiger partial charge in [-0.25, -0.2) is 0 Å². The summed E-state index contributed by atoms with van der Waals surface area (Å²) in [6.45, 7) is 0. The number of hydrogen-bond acceptors (Lipinski definition) is 3. The first-order valence-corrected chi connectivity index (χ1v) is 7.99. The Morgan fingerprint density at radius 2 is 1.79 bits per heavy atom. The molecule has 5 heteroatoms. The summed E-state index contributed by atoms with van der Waals surface area (Å²) in [5.74, 6) is 0.650. The molecule has 1 fully saturated rings. The van der Waals surface area contributed by atoms with E-state index in [1.54, 1.807) is 12.1 Å². The first-order valence-electron chi connectivity index (χ1n) is 6.40. The maximum absolute atomic E-state index is 10.8. The van der Waals surface area contributed by atoms with Gasteiger partial charge in [-0.1, -0.05) is 12.8 Å². The lowest BCUT2D eigenvalue weighted by Gasteiger charge is -2.23. The zero-order chi connectivity index (χ0) is 13.8. The molecule has 3 nitrogen and oxygen atoms in total. The Bertz CT molecular complexity index is 439. The summed E-state index contributed by atoms with van der Waals surface area (Å²) in [6, 6.07) is 3.44. The van der Waals surface area contributed by atoms with E-state index in [4.69, 9.17) is 4.74 Å². The van der Waals surface area contributed by atoms with Gasteiger partial charge >= 0.3 is 0 Å². The molecule has 1 saturated carbocycles. The second-order valence-corrected chi connectivity index (χ2v) is 6.50. The highest BCUT2D eigenvalue weighted by Gasteiger charge is 2.24. The number of hydrogen-bond donors (Lipinski definition) is 1. The van der Waals surface area contributed by atoms with Gasteiger partial charge in [-0.2, -0.15) is 0 Å². The summed E-state index contributed by atoms with van der Waals surface area (Å²) < 4.78 is 7.39. The fourth-order valence-electron chi connectivity index (χ4n) is 2.30. The zero-order valence-corrected chi connectivity index (χ0v) is 13.6. The third-order valence-electron chi connectivity index (χ3n) is 3.34. The molecule has 1 aliphatic carbocycles. The van der Waals surface area contributed by atoms with E-state index in [-0.39, 0.29) is 6.10 Å². The first kappa shape index (κ1) is 15.0. The van der Waals surface area contributed by atoms with Crippen LogP contribution in [0, 0.1) is 0 Å². The van der Waals surface area contributed by atoms with Crippen LogP contribution in [0.25, 0.3) is 0 Å². The lowest BCUT2D eigenvalue weighted by atomic mass is 10.1. The maximum Gasteiger partial charge on any atom is 0.150 e. The van der Waals surface area contributed by atoms with Crippen LogP contribution in [0.15, 0.2) is 21.1 Å². The van der Waals surface area contributed by atoms with Crippen LogP contribution in [0.1, 0.15) is 42.5 Å². The number of carbonyl (C=O) groups is 1. The van der Waals surface area contributed by atoms with Crippen molar-refractivity contribution in [2.45, 2.75) is 44.3 Å². The van der Waals surface area contributed by atoms with Crippen molar-refractivity contribution in [1.29, 1.82) is 0 Å². The molecule has 2 rings (SSSR count). The molecule has 0 aromatic heterocycles. The van der Waals surface area contributed by atoms with Crippen LogP contribution in [-0.2, 0) is 0 Å². The molecule has 2 atom stereocenters. The van der Waals surface area contributed by atoms with Gasteiger partial charge in [-0.05, 0) is 63.3 Å². The van der Waals surface area contributed by atoms with E-state index in [0.29, 0.717) is 11.3 Å². The average molecular weight is 392 g/mol. The number of carbonyl (C=O) groups excluding carboxylic acids is 1. The Morgan fingerprint density at radius 1 is 1.16 bits per heavy atom. The normalized spacial score (nSPS) is 23.7. The van der Waals surface area contributed by atoms with Gasteiger partial charge in [-0.3, -0.25) is 4.79 Å². The van der Waals surface area contributed by atoms with Gasteiger partial charge in [0.2, 0.25) is 0 Å². The van der Waals surface area contributed by atoms with Crippen molar-refractivity contribution in [1.82, 2.24) is 0 Å². The zero-order valence-electron chi connectivity index (χ0n) is 10.4. The minimum Gasteiger partial charge on any atom is -0.485 e. The number of aliphatic hydroxyl groups is 1.